The molecular formula is C17H21ClN2O2. The van der Waals surface area contributed by atoms with Crippen LogP contribution in [0.3, 0.4) is 0 Å². The molecule has 2 rings (SSSR count). The first-order valence-corrected chi connectivity index (χ1v) is 7.67. The maximum Gasteiger partial charge on any atom is 0.284 e. The molecule has 0 bridgehead atoms. The second-order valence-electron chi connectivity index (χ2n) is 5.74. The van der Waals surface area contributed by atoms with Crippen molar-refractivity contribution in [3.63, 3.8) is 0 Å². The Morgan fingerprint density at radius 1 is 1.32 bits per heavy atom. The lowest BCUT2D eigenvalue weighted by Crippen LogP contribution is -2.22. The van der Waals surface area contributed by atoms with Crippen molar-refractivity contribution in [2.45, 2.75) is 40.5 Å². The van der Waals surface area contributed by atoms with E-state index in [9.17, 15) is 4.79 Å². The van der Waals surface area contributed by atoms with Gasteiger partial charge in [-0.2, -0.15) is 5.10 Å². The molecule has 0 aliphatic carbocycles. The van der Waals surface area contributed by atoms with E-state index < -0.39 is 0 Å². The first-order valence-electron chi connectivity index (χ1n) is 7.29. The van der Waals surface area contributed by atoms with E-state index in [2.05, 4.69) is 18.9 Å². The number of hydrogen-bond donors (Lipinski definition) is 0. The number of carbonyl (C=O) groups excluding carboxylic acids is 1. The number of aromatic nitrogens is 2. The summed E-state index contributed by atoms with van der Waals surface area (Å²) in [6.45, 7) is 9.88. The van der Waals surface area contributed by atoms with Gasteiger partial charge in [-0.3, -0.25) is 4.79 Å². The third-order valence-corrected chi connectivity index (χ3v) is 3.88. The number of benzene rings is 1. The number of carbonyl (C=O) groups is 1. The Hall–Kier alpha value is -1.81. The number of hydrogen-bond acceptors (Lipinski definition) is 3. The Morgan fingerprint density at radius 2 is 2.00 bits per heavy atom. The highest BCUT2D eigenvalue weighted by Crippen LogP contribution is 2.24. The molecule has 0 unspecified atom stereocenters. The predicted octanol–water partition coefficient (Wildman–Crippen LogP) is 4.30. The summed E-state index contributed by atoms with van der Waals surface area (Å²) in [5.41, 5.74) is 3.80. The van der Waals surface area contributed by atoms with Crippen molar-refractivity contribution in [3.8, 4) is 5.75 Å². The highest BCUT2D eigenvalue weighted by atomic mass is 35.5. The first-order chi connectivity index (χ1) is 10.3. The Balaban J connectivity index is 2.15. The smallest absolute Gasteiger partial charge is 0.284 e. The van der Waals surface area contributed by atoms with E-state index in [4.69, 9.17) is 16.3 Å². The summed E-state index contributed by atoms with van der Waals surface area (Å²) < 4.78 is 7.04. The van der Waals surface area contributed by atoms with Gasteiger partial charge in [0.25, 0.3) is 5.91 Å². The molecule has 0 atom stereocenters. The van der Waals surface area contributed by atoms with Gasteiger partial charge >= 0.3 is 0 Å². The molecule has 0 N–H and O–H groups in total. The molecule has 0 fully saturated rings. The zero-order valence-corrected chi connectivity index (χ0v) is 14.4. The van der Waals surface area contributed by atoms with Gasteiger partial charge in [-0.05, 0) is 56.0 Å². The Morgan fingerprint density at radius 3 is 2.55 bits per heavy atom. The van der Waals surface area contributed by atoms with E-state index in [1.165, 1.54) is 4.68 Å². The minimum absolute atomic E-state index is 0.0536. The lowest BCUT2D eigenvalue weighted by Gasteiger charge is -2.10. The minimum Gasteiger partial charge on any atom is -0.483 e. The van der Waals surface area contributed by atoms with E-state index in [0.29, 0.717) is 16.7 Å². The van der Waals surface area contributed by atoms with Crippen LogP contribution < -0.4 is 4.74 Å². The normalized spacial score (nSPS) is 11.0. The van der Waals surface area contributed by atoms with Gasteiger partial charge in [0.2, 0.25) is 0 Å². The van der Waals surface area contributed by atoms with Gasteiger partial charge < -0.3 is 4.74 Å². The van der Waals surface area contributed by atoms with Crippen molar-refractivity contribution in [2.75, 3.05) is 6.61 Å². The Kier molecular flexibility index (Phi) is 4.91. The number of halogens is 1. The van der Waals surface area contributed by atoms with Gasteiger partial charge in [0, 0.05) is 10.7 Å². The summed E-state index contributed by atoms with van der Waals surface area (Å²) in [7, 11) is 0. The maximum absolute atomic E-state index is 12.4. The van der Waals surface area contributed by atoms with Crippen LogP contribution in [-0.2, 0) is 0 Å². The van der Waals surface area contributed by atoms with E-state index in [0.717, 1.165) is 22.5 Å². The average Bonchev–Trinajstić information content (AvgIpc) is 2.72. The molecule has 4 nitrogen and oxygen atoms in total. The molecule has 0 spiro atoms. The Bertz CT molecular complexity index is 705. The summed E-state index contributed by atoms with van der Waals surface area (Å²) in [4.78, 5) is 12.4. The van der Waals surface area contributed by atoms with Gasteiger partial charge in [-0.15, -0.1) is 0 Å². The van der Waals surface area contributed by atoms with Crippen molar-refractivity contribution in [1.82, 2.24) is 9.78 Å². The summed E-state index contributed by atoms with van der Waals surface area (Å²) in [5, 5.41) is 5.00. The Labute approximate surface area is 136 Å². The quantitative estimate of drug-likeness (QED) is 0.843. The van der Waals surface area contributed by atoms with Crippen molar-refractivity contribution >= 4 is 17.5 Å². The zero-order valence-electron chi connectivity index (χ0n) is 13.6. The van der Waals surface area contributed by atoms with Crippen LogP contribution in [0.25, 0.3) is 0 Å². The molecular weight excluding hydrogens is 300 g/mol. The van der Waals surface area contributed by atoms with Crippen LogP contribution >= 0.6 is 11.6 Å². The summed E-state index contributed by atoms with van der Waals surface area (Å²) >= 11 is 5.91. The molecule has 2 aromatic rings. The summed E-state index contributed by atoms with van der Waals surface area (Å²) in [6.07, 6.45) is 0. The largest absolute Gasteiger partial charge is 0.483 e. The topological polar surface area (TPSA) is 44.1 Å². The standard InChI is InChI=1S/C17H21ClN2O2/c1-10(2)17-12(4)19-20(13(17)5)16(21)9-22-15-7-6-14(18)8-11(15)3/h6-8,10H,9H2,1-5H3. The second kappa shape index (κ2) is 6.53. The van der Waals surface area contributed by atoms with Crippen molar-refractivity contribution in [1.29, 1.82) is 0 Å². The molecule has 118 valence electrons. The monoisotopic (exact) mass is 320 g/mol. The molecule has 1 aromatic heterocycles. The van der Waals surface area contributed by atoms with E-state index in [1.807, 2.05) is 26.8 Å². The van der Waals surface area contributed by atoms with Crippen LogP contribution in [0.1, 0.15) is 47.1 Å². The van der Waals surface area contributed by atoms with Crippen molar-refractivity contribution in [3.05, 3.63) is 45.7 Å². The lowest BCUT2D eigenvalue weighted by molar-refractivity contribution is 0.0817. The van der Waals surface area contributed by atoms with Crippen LogP contribution in [0.2, 0.25) is 5.02 Å². The van der Waals surface area contributed by atoms with Gasteiger partial charge in [-0.25, -0.2) is 4.68 Å². The van der Waals surface area contributed by atoms with E-state index in [-0.39, 0.29) is 12.5 Å². The number of ether oxygens (including phenoxy) is 1. The third kappa shape index (κ3) is 3.33. The number of aryl methyl sites for hydroxylation is 2. The maximum atomic E-state index is 12.4. The molecule has 0 aliphatic rings. The molecule has 0 radical (unpaired) electrons. The van der Waals surface area contributed by atoms with Crippen LogP contribution in [0.4, 0.5) is 0 Å². The molecule has 0 saturated carbocycles. The highest BCUT2D eigenvalue weighted by Gasteiger charge is 2.19. The molecule has 0 aliphatic heterocycles. The summed E-state index contributed by atoms with van der Waals surface area (Å²) in [5.74, 6) is 0.811. The SMILES string of the molecule is Cc1cc(Cl)ccc1OCC(=O)n1nc(C)c(C(C)C)c1C. The van der Waals surface area contributed by atoms with E-state index in [1.54, 1.807) is 12.1 Å². The number of rotatable bonds is 4. The van der Waals surface area contributed by atoms with Gasteiger partial charge in [0.05, 0.1) is 5.69 Å². The average molecular weight is 321 g/mol. The zero-order chi connectivity index (χ0) is 16.4. The fourth-order valence-corrected chi connectivity index (χ4v) is 2.94. The van der Waals surface area contributed by atoms with Crippen molar-refractivity contribution < 1.29 is 9.53 Å². The van der Waals surface area contributed by atoms with Crippen LogP contribution in [0.5, 0.6) is 5.75 Å². The lowest BCUT2D eigenvalue weighted by atomic mass is 10.0. The van der Waals surface area contributed by atoms with Crippen molar-refractivity contribution in [2.24, 2.45) is 0 Å². The van der Waals surface area contributed by atoms with Crippen LogP contribution in [0.15, 0.2) is 18.2 Å². The highest BCUT2D eigenvalue weighted by molar-refractivity contribution is 6.30. The third-order valence-electron chi connectivity index (χ3n) is 3.65. The molecule has 1 heterocycles. The number of nitrogens with zero attached hydrogens (tertiary/aromatic N) is 2. The van der Waals surface area contributed by atoms with Gasteiger partial charge in [-0.1, -0.05) is 25.4 Å². The fourth-order valence-electron chi connectivity index (χ4n) is 2.71. The second-order valence-corrected chi connectivity index (χ2v) is 6.18. The minimum atomic E-state index is -0.179. The molecule has 1 aromatic carbocycles. The van der Waals surface area contributed by atoms with Crippen LogP contribution in [-0.4, -0.2) is 22.3 Å². The van der Waals surface area contributed by atoms with Crippen LogP contribution in [0, 0.1) is 20.8 Å². The molecule has 5 heteroatoms. The predicted molar refractivity (Wildman–Crippen MR) is 88.1 cm³/mol. The summed E-state index contributed by atoms with van der Waals surface area (Å²) in [6, 6.07) is 5.32. The van der Waals surface area contributed by atoms with E-state index >= 15 is 0 Å². The first kappa shape index (κ1) is 16.6. The molecule has 22 heavy (non-hydrogen) atoms. The fraction of sp³-hybridized carbons (Fsp3) is 0.412. The van der Waals surface area contributed by atoms with Gasteiger partial charge in [0.1, 0.15) is 5.75 Å². The molecule has 0 saturated heterocycles. The van der Waals surface area contributed by atoms with Gasteiger partial charge in [0.15, 0.2) is 6.61 Å². The molecule has 0 amide bonds.